The number of fused-ring (bicyclic) bond motifs is 4. The van der Waals surface area contributed by atoms with Gasteiger partial charge in [0, 0.05) is 10.8 Å². The zero-order valence-corrected chi connectivity index (χ0v) is 17.9. The third kappa shape index (κ3) is 3.39. The Morgan fingerprint density at radius 2 is 1.00 bits per heavy atom. The molecule has 2 bridgehead atoms. The number of hydrogen-bond donors (Lipinski definition) is 0. The average Bonchev–Trinajstić information content (AvgIpc) is 3.47. The Kier molecular flexibility index (Phi) is 4.72. The summed E-state index contributed by atoms with van der Waals surface area (Å²) in [5, 5.41) is 3.76. The Hall–Kier alpha value is -3.92. The molecule has 4 aromatic carbocycles. The topological polar surface area (TPSA) is 52.6 Å². The first-order valence-electron chi connectivity index (χ1n) is 11.3. The van der Waals surface area contributed by atoms with Gasteiger partial charge in [0.05, 0.1) is 11.8 Å². The molecule has 4 heteroatoms. The maximum Gasteiger partial charge on any atom is 0.315 e. The molecule has 4 atom stereocenters. The highest BCUT2D eigenvalue weighted by Crippen LogP contribution is 2.49. The molecule has 0 saturated heterocycles. The molecule has 1 saturated carbocycles. The number of benzene rings is 4. The summed E-state index contributed by atoms with van der Waals surface area (Å²) in [4.78, 5) is 26.7. The first kappa shape index (κ1) is 19.7. The fourth-order valence-corrected chi connectivity index (χ4v) is 5.39. The zero-order chi connectivity index (χ0) is 22.4. The molecule has 0 spiro atoms. The van der Waals surface area contributed by atoms with E-state index < -0.39 is 11.8 Å². The van der Waals surface area contributed by atoms with Crippen molar-refractivity contribution in [2.45, 2.75) is 6.42 Å². The molecule has 2 aliphatic carbocycles. The maximum absolute atomic E-state index is 13.4. The van der Waals surface area contributed by atoms with E-state index in [0.29, 0.717) is 11.5 Å². The van der Waals surface area contributed by atoms with Gasteiger partial charge in [0.2, 0.25) is 0 Å². The van der Waals surface area contributed by atoms with Crippen LogP contribution in [-0.2, 0) is 9.59 Å². The van der Waals surface area contributed by atoms with Crippen LogP contribution in [0.4, 0.5) is 0 Å². The summed E-state index contributed by atoms with van der Waals surface area (Å²) in [6, 6.07) is 26.9. The van der Waals surface area contributed by atoms with Crippen molar-refractivity contribution in [3.05, 3.63) is 97.1 Å². The van der Waals surface area contributed by atoms with Crippen LogP contribution in [0.5, 0.6) is 11.5 Å². The Morgan fingerprint density at radius 1 is 0.576 bits per heavy atom. The monoisotopic (exact) mass is 434 g/mol. The molecule has 1 fully saturated rings. The van der Waals surface area contributed by atoms with Gasteiger partial charge >= 0.3 is 11.9 Å². The molecule has 33 heavy (non-hydrogen) atoms. The largest absolute Gasteiger partial charge is 0.426 e. The number of esters is 2. The number of carbonyl (C=O) groups excluding carboxylic acids is 2. The molecule has 4 aromatic rings. The van der Waals surface area contributed by atoms with Crippen LogP contribution in [0.1, 0.15) is 6.42 Å². The summed E-state index contributed by atoms with van der Waals surface area (Å²) in [5.41, 5.74) is 0. The predicted octanol–water partition coefficient (Wildman–Crippen LogP) is 5.94. The van der Waals surface area contributed by atoms with Crippen LogP contribution in [-0.4, -0.2) is 11.9 Å². The van der Waals surface area contributed by atoms with Gasteiger partial charge in [-0.2, -0.15) is 0 Å². The van der Waals surface area contributed by atoms with E-state index in [1.165, 1.54) is 0 Å². The van der Waals surface area contributed by atoms with Gasteiger partial charge < -0.3 is 9.47 Å². The summed E-state index contributed by atoms with van der Waals surface area (Å²) in [6.45, 7) is 0. The molecule has 0 aromatic heterocycles. The first-order chi connectivity index (χ1) is 16.2. The lowest BCUT2D eigenvalue weighted by Crippen LogP contribution is -2.37. The first-order valence-corrected chi connectivity index (χ1v) is 11.3. The van der Waals surface area contributed by atoms with Gasteiger partial charge in [-0.05, 0) is 41.2 Å². The van der Waals surface area contributed by atoms with Crippen molar-refractivity contribution >= 4 is 33.5 Å². The van der Waals surface area contributed by atoms with Gasteiger partial charge in [-0.25, -0.2) is 0 Å². The number of rotatable bonds is 4. The molecule has 6 rings (SSSR count). The molecular formula is C29H22O4. The maximum atomic E-state index is 13.4. The minimum absolute atomic E-state index is 0.0115. The Bertz CT molecular complexity index is 1300. The predicted molar refractivity (Wildman–Crippen MR) is 127 cm³/mol. The minimum atomic E-state index is -0.554. The second-order valence-electron chi connectivity index (χ2n) is 8.80. The van der Waals surface area contributed by atoms with Crippen molar-refractivity contribution in [3.8, 4) is 11.5 Å². The molecular weight excluding hydrogens is 412 g/mol. The van der Waals surface area contributed by atoms with Crippen LogP contribution in [0, 0.1) is 23.7 Å². The number of allylic oxidation sites excluding steroid dienone is 2. The van der Waals surface area contributed by atoms with Crippen LogP contribution >= 0.6 is 0 Å². The van der Waals surface area contributed by atoms with E-state index in [0.717, 1.165) is 28.0 Å². The Labute approximate surface area is 191 Å². The third-order valence-corrected chi connectivity index (χ3v) is 6.92. The van der Waals surface area contributed by atoms with Crippen LogP contribution < -0.4 is 9.47 Å². The van der Waals surface area contributed by atoms with Crippen LogP contribution in [0.25, 0.3) is 21.5 Å². The van der Waals surface area contributed by atoms with Gasteiger partial charge in [-0.15, -0.1) is 0 Å². The lowest BCUT2D eigenvalue weighted by atomic mass is 9.83. The van der Waals surface area contributed by atoms with Gasteiger partial charge in [0.15, 0.2) is 0 Å². The highest BCUT2D eigenvalue weighted by atomic mass is 16.5. The van der Waals surface area contributed by atoms with E-state index in [2.05, 4.69) is 0 Å². The Morgan fingerprint density at radius 3 is 1.48 bits per heavy atom. The normalized spacial score (nSPS) is 23.2. The SMILES string of the molecule is O=C(Oc1cccc2ccccc12)[C@H]1[C@H](C(=O)Oc2cccc3ccccc23)[C@H]2C=C[C@@H]1C2. The smallest absolute Gasteiger partial charge is 0.315 e. The number of ether oxygens (including phenoxy) is 2. The van der Waals surface area contributed by atoms with Crippen LogP contribution in [0.3, 0.4) is 0 Å². The van der Waals surface area contributed by atoms with E-state index in [-0.39, 0.29) is 23.8 Å². The summed E-state index contributed by atoms with van der Waals surface area (Å²) in [6.07, 6.45) is 4.85. The summed E-state index contributed by atoms with van der Waals surface area (Å²) in [7, 11) is 0. The molecule has 2 aliphatic rings. The zero-order valence-electron chi connectivity index (χ0n) is 17.9. The van der Waals surface area contributed by atoms with Crippen molar-refractivity contribution in [3.63, 3.8) is 0 Å². The number of hydrogen-bond acceptors (Lipinski definition) is 4. The second-order valence-corrected chi connectivity index (χ2v) is 8.80. The van der Waals surface area contributed by atoms with Crippen LogP contribution in [0.15, 0.2) is 97.1 Å². The van der Waals surface area contributed by atoms with E-state index in [4.69, 9.17) is 9.47 Å². The van der Waals surface area contributed by atoms with Gasteiger partial charge in [0.1, 0.15) is 11.5 Å². The minimum Gasteiger partial charge on any atom is -0.426 e. The standard InChI is InChI=1S/C29H22O4/c30-28(32-24-13-5-9-18-7-1-3-11-22(18)24)26-20-15-16-21(17-20)27(26)29(31)33-25-14-6-10-19-8-2-4-12-23(19)25/h1-16,20-21,26-27H,17H2/t20-,21+,26-,27-/m1/s1. The van der Waals surface area contributed by atoms with Gasteiger partial charge in [-0.3, -0.25) is 9.59 Å². The summed E-state index contributed by atoms with van der Waals surface area (Å²) >= 11 is 0. The quantitative estimate of drug-likeness (QED) is 0.227. The van der Waals surface area contributed by atoms with Crippen molar-refractivity contribution in [2.24, 2.45) is 23.7 Å². The van der Waals surface area contributed by atoms with Crippen molar-refractivity contribution in [1.29, 1.82) is 0 Å². The van der Waals surface area contributed by atoms with Crippen molar-refractivity contribution in [2.75, 3.05) is 0 Å². The van der Waals surface area contributed by atoms with E-state index in [1.807, 2.05) is 84.9 Å². The molecule has 0 unspecified atom stereocenters. The Balaban J connectivity index is 1.28. The molecule has 0 aliphatic heterocycles. The molecule has 0 amide bonds. The highest BCUT2D eigenvalue weighted by molar-refractivity contribution is 5.94. The average molecular weight is 434 g/mol. The van der Waals surface area contributed by atoms with E-state index in [9.17, 15) is 9.59 Å². The fourth-order valence-electron chi connectivity index (χ4n) is 5.39. The lowest BCUT2D eigenvalue weighted by Gasteiger charge is -2.25. The highest BCUT2D eigenvalue weighted by Gasteiger charge is 2.53. The fraction of sp³-hybridized carbons (Fsp3) is 0.172. The molecule has 0 heterocycles. The number of carbonyl (C=O) groups is 2. The van der Waals surface area contributed by atoms with Crippen molar-refractivity contribution in [1.82, 2.24) is 0 Å². The summed E-state index contributed by atoms with van der Waals surface area (Å²) in [5.74, 6) is -0.837. The molecule has 162 valence electrons. The van der Waals surface area contributed by atoms with Gasteiger partial charge in [-0.1, -0.05) is 84.9 Å². The van der Waals surface area contributed by atoms with Crippen molar-refractivity contribution < 1.29 is 19.1 Å². The second kappa shape index (κ2) is 7.89. The van der Waals surface area contributed by atoms with Crippen LogP contribution in [0.2, 0.25) is 0 Å². The van der Waals surface area contributed by atoms with E-state index in [1.54, 1.807) is 12.1 Å². The summed E-state index contributed by atoms with van der Waals surface area (Å²) < 4.78 is 11.8. The molecule has 4 nitrogen and oxygen atoms in total. The third-order valence-electron chi connectivity index (χ3n) is 6.92. The van der Waals surface area contributed by atoms with E-state index >= 15 is 0 Å². The van der Waals surface area contributed by atoms with Gasteiger partial charge in [0.25, 0.3) is 0 Å². The molecule has 0 radical (unpaired) electrons. The lowest BCUT2D eigenvalue weighted by molar-refractivity contribution is -0.150. The molecule has 0 N–H and O–H groups in total.